The van der Waals surface area contributed by atoms with E-state index in [9.17, 15) is 0 Å². The number of hydrogen-bond acceptors (Lipinski definition) is 5. The highest BCUT2D eigenvalue weighted by Crippen LogP contribution is 2.08. The molecule has 0 aromatic carbocycles. The molecule has 0 saturated heterocycles. The van der Waals surface area contributed by atoms with Gasteiger partial charge in [-0.3, -0.25) is 4.98 Å². The average molecular weight is 206 g/mol. The molecule has 72 valence electrons. The van der Waals surface area contributed by atoms with Gasteiger partial charge in [0.1, 0.15) is 6.33 Å². The number of rotatable bonds is 3. The minimum absolute atomic E-state index is 0.691. The molecule has 0 fully saturated rings. The van der Waals surface area contributed by atoms with Crippen LogP contribution in [0.2, 0.25) is 0 Å². The van der Waals surface area contributed by atoms with Crippen molar-refractivity contribution in [1.29, 1.82) is 0 Å². The van der Waals surface area contributed by atoms with Gasteiger partial charge >= 0.3 is 0 Å². The Balaban J connectivity index is 1.98. The van der Waals surface area contributed by atoms with Crippen LogP contribution in [0.3, 0.4) is 0 Å². The Hall–Kier alpha value is -1.49. The number of nitrogens with zero attached hydrogens (tertiary/aromatic N) is 3. The molecule has 0 radical (unpaired) electrons. The van der Waals surface area contributed by atoms with E-state index in [-0.39, 0.29) is 0 Å². The molecule has 2 aromatic heterocycles. The summed E-state index contributed by atoms with van der Waals surface area (Å²) in [6.45, 7) is 2.67. The molecular weight excluding hydrogens is 196 g/mol. The van der Waals surface area contributed by atoms with Gasteiger partial charge in [0.05, 0.1) is 12.2 Å². The summed E-state index contributed by atoms with van der Waals surface area (Å²) in [5.74, 6) is 0. The quantitative estimate of drug-likeness (QED) is 0.832. The van der Waals surface area contributed by atoms with Gasteiger partial charge in [-0.05, 0) is 19.1 Å². The highest BCUT2D eigenvalue weighted by atomic mass is 32.1. The summed E-state index contributed by atoms with van der Waals surface area (Å²) in [5.41, 5.74) is 2.04. The van der Waals surface area contributed by atoms with Crippen molar-refractivity contribution in [1.82, 2.24) is 14.3 Å². The van der Waals surface area contributed by atoms with Crippen LogP contribution >= 0.6 is 11.5 Å². The average Bonchev–Trinajstić information content (AvgIpc) is 2.67. The van der Waals surface area contributed by atoms with Crippen molar-refractivity contribution < 1.29 is 0 Å². The van der Waals surface area contributed by atoms with Crippen LogP contribution in [0.4, 0.5) is 5.13 Å². The lowest BCUT2D eigenvalue weighted by Crippen LogP contribution is -2.01. The number of aryl methyl sites for hydroxylation is 1. The number of hydrogen-bond donors (Lipinski definition) is 1. The zero-order valence-electron chi connectivity index (χ0n) is 7.77. The Kier molecular flexibility index (Phi) is 2.69. The molecule has 4 nitrogen and oxygen atoms in total. The lowest BCUT2D eigenvalue weighted by atomic mass is 10.3. The second-order valence-corrected chi connectivity index (χ2v) is 3.65. The summed E-state index contributed by atoms with van der Waals surface area (Å²) in [5, 5.41) is 3.98. The molecule has 2 aromatic rings. The van der Waals surface area contributed by atoms with Crippen LogP contribution in [0, 0.1) is 6.92 Å². The van der Waals surface area contributed by atoms with Crippen LogP contribution in [0.25, 0.3) is 0 Å². The predicted molar refractivity (Wildman–Crippen MR) is 56.2 cm³/mol. The molecular formula is C9H10N4S. The second-order valence-electron chi connectivity index (χ2n) is 2.87. The molecule has 5 heteroatoms. The first kappa shape index (κ1) is 9.08. The van der Waals surface area contributed by atoms with E-state index in [1.54, 1.807) is 0 Å². The summed E-state index contributed by atoms with van der Waals surface area (Å²) >= 11 is 1.35. The smallest absolute Gasteiger partial charge is 0.202 e. The standard InChI is InChI=1S/C9H10N4S/c1-7-3-2-4-8(13-7)5-10-9-11-6-12-14-9/h2-4,6H,5H2,1H3,(H,10,11,12). The molecule has 0 saturated carbocycles. The molecule has 0 unspecified atom stereocenters. The van der Waals surface area contributed by atoms with Crippen LogP contribution in [0.15, 0.2) is 24.5 Å². The van der Waals surface area contributed by atoms with Crippen molar-refractivity contribution in [2.24, 2.45) is 0 Å². The third-order valence-corrected chi connectivity index (χ3v) is 2.35. The van der Waals surface area contributed by atoms with Gasteiger partial charge in [-0.25, -0.2) is 4.98 Å². The van der Waals surface area contributed by atoms with E-state index in [0.717, 1.165) is 16.5 Å². The number of nitrogens with one attached hydrogen (secondary N) is 1. The van der Waals surface area contributed by atoms with E-state index in [0.29, 0.717) is 6.54 Å². The fourth-order valence-electron chi connectivity index (χ4n) is 1.12. The Morgan fingerprint density at radius 3 is 3.07 bits per heavy atom. The van der Waals surface area contributed by atoms with Crippen LogP contribution in [0.5, 0.6) is 0 Å². The van der Waals surface area contributed by atoms with Gasteiger partial charge in [0, 0.05) is 17.2 Å². The molecule has 0 aliphatic heterocycles. The number of pyridine rings is 1. The van der Waals surface area contributed by atoms with Crippen molar-refractivity contribution >= 4 is 16.7 Å². The van der Waals surface area contributed by atoms with Gasteiger partial charge in [0.15, 0.2) is 0 Å². The van der Waals surface area contributed by atoms with Crippen molar-refractivity contribution in [2.45, 2.75) is 13.5 Å². The van der Waals surface area contributed by atoms with E-state index >= 15 is 0 Å². The normalized spacial score (nSPS) is 10.1. The maximum Gasteiger partial charge on any atom is 0.202 e. The largest absolute Gasteiger partial charge is 0.355 e. The summed E-state index contributed by atoms with van der Waals surface area (Å²) in [7, 11) is 0. The first-order valence-electron chi connectivity index (χ1n) is 4.28. The predicted octanol–water partition coefficient (Wildman–Crippen LogP) is 1.85. The zero-order valence-corrected chi connectivity index (χ0v) is 8.58. The van der Waals surface area contributed by atoms with Gasteiger partial charge in [-0.2, -0.15) is 4.37 Å². The SMILES string of the molecule is Cc1cccc(CNc2ncns2)n1. The molecule has 2 heterocycles. The van der Waals surface area contributed by atoms with Crippen molar-refractivity contribution in [3.63, 3.8) is 0 Å². The summed E-state index contributed by atoms with van der Waals surface area (Å²) in [4.78, 5) is 8.39. The lowest BCUT2D eigenvalue weighted by Gasteiger charge is -2.01. The molecule has 0 aliphatic rings. The van der Waals surface area contributed by atoms with Gasteiger partial charge in [-0.1, -0.05) is 6.07 Å². The third-order valence-electron chi connectivity index (χ3n) is 1.73. The first-order chi connectivity index (χ1) is 6.84. The van der Waals surface area contributed by atoms with Gasteiger partial charge < -0.3 is 5.32 Å². The second kappa shape index (κ2) is 4.15. The first-order valence-corrected chi connectivity index (χ1v) is 5.05. The topological polar surface area (TPSA) is 50.7 Å². The summed E-state index contributed by atoms with van der Waals surface area (Å²) < 4.78 is 3.90. The fraction of sp³-hybridized carbons (Fsp3) is 0.222. The Labute approximate surface area is 86.2 Å². The molecule has 14 heavy (non-hydrogen) atoms. The highest BCUT2D eigenvalue weighted by molar-refractivity contribution is 7.09. The highest BCUT2D eigenvalue weighted by Gasteiger charge is 1.97. The Morgan fingerprint density at radius 2 is 2.36 bits per heavy atom. The molecule has 0 aliphatic carbocycles. The Bertz CT molecular complexity index is 399. The number of aromatic nitrogens is 3. The summed E-state index contributed by atoms with van der Waals surface area (Å²) in [6.07, 6.45) is 1.54. The minimum Gasteiger partial charge on any atom is -0.355 e. The minimum atomic E-state index is 0.691. The van der Waals surface area contributed by atoms with Crippen LogP contribution in [0.1, 0.15) is 11.4 Å². The molecule has 0 spiro atoms. The fourth-order valence-corrected chi connectivity index (χ4v) is 1.54. The van der Waals surface area contributed by atoms with Gasteiger partial charge in [0.2, 0.25) is 5.13 Å². The van der Waals surface area contributed by atoms with E-state index < -0.39 is 0 Å². The molecule has 2 rings (SSSR count). The van der Waals surface area contributed by atoms with E-state index in [2.05, 4.69) is 19.7 Å². The monoisotopic (exact) mass is 206 g/mol. The molecule has 0 bridgehead atoms. The Morgan fingerprint density at radius 1 is 1.43 bits per heavy atom. The van der Waals surface area contributed by atoms with Crippen LogP contribution in [-0.4, -0.2) is 14.3 Å². The van der Waals surface area contributed by atoms with Crippen molar-refractivity contribution in [3.05, 3.63) is 35.9 Å². The maximum absolute atomic E-state index is 4.37. The van der Waals surface area contributed by atoms with Crippen molar-refractivity contribution in [3.8, 4) is 0 Å². The van der Waals surface area contributed by atoms with Crippen LogP contribution < -0.4 is 5.32 Å². The molecule has 1 N–H and O–H groups in total. The van der Waals surface area contributed by atoms with E-state index in [1.165, 1.54) is 17.9 Å². The summed E-state index contributed by atoms with van der Waals surface area (Å²) in [6, 6.07) is 5.97. The molecule has 0 amide bonds. The third kappa shape index (κ3) is 2.26. The number of anilines is 1. The molecule has 0 atom stereocenters. The lowest BCUT2D eigenvalue weighted by molar-refractivity contribution is 1.01. The van der Waals surface area contributed by atoms with Crippen molar-refractivity contribution in [2.75, 3.05) is 5.32 Å². The maximum atomic E-state index is 4.37. The van der Waals surface area contributed by atoms with E-state index in [1.807, 2.05) is 25.1 Å². The zero-order chi connectivity index (χ0) is 9.80. The van der Waals surface area contributed by atoms with Gasteiger partial charge in [0.25, 0.3) is 0 Å². The van der Waals surface area contributed by atoms with Gasteiger partial charge in [-0.15, -0.1) is 0 Å². The van der Waals surface area contributed by atoms with Crippen LogP contribution in [-0.2, 0) is 6.54 Å². The van der Waals surface area contributed by atoms with E-state index in [4.69, 9.17) is 0 Å².